The van der Waals surface area contributed by atoms with E-state index in [4.69, 9.17) is 4.74 Å². The zero-order chi connectivity index (χ0) is 14.7. The highest BCUT2D eigenvalue weighted by Gasteiger charge is 2.21. The highest BCUT2D eigenvalue weighted by Crippen LogP contribution is 2.32. The summed E-state index contributed by atoms with van der Waals surface area (Å²) in [7, 11) is 0. The number of aliphatic hydroxyl groups excluding tert-OH is 1. The van der Waals surface area contributed by atoms with Gasteiger partial charge in [-0.1, -0.05) is 0 Å². The molecule has 1 aliphatic rings. The molecule has 1 aromatic heterocycles. The van der Waals surface area contributed by atoms with Crippen LogP contribution in [-0.4, -0.2) is 18.3 Å². The molecule has 1 aliphatic heterocycles. The van der Waals surface area contributed by atoms with Gasteiger partial charge in [-0.05, 0) is 53.4 Å². The van der Waals surface area contributed by atoms with Crippen molar-refractivity contribution in [2.75, 3.05) is 13.2 Å². The summed E-state index contributed by atoms with van der Waals surface area (Å²) in [5.41, 5.74) is 1.75. The maximum Gasteiger partial charge on any atom is 0.124 e. The molecule has 2 heterocycles. The Morgan fingerprint density at radius 3 is 3.14 bits per heavy atom. The normalized spacial score (nSPS) is 19.4. The molecule has 0 radical (unpaired) electrons. The zero-order valence-corrected chi connectivity index (χ0v) is 12.4. The van der Waals surface area contributed by atoms with Crippen LogP contribution in [0.4, 0.5) is 4.39 Å². The van der Waals surface area contributed by atoms with Gasteiger partial charge in [0.1, 0.15) is 11.6 Å². The van der Waals surface area contributed by atoms with Crippen LogP contribution in [0.25, 0.3) is 0 Å². The van der Waals surface area contributed by atoms with E-state index in [-0.39, 0.29) is 11.9 Å². The molecule has 0 fully saturated rings. The maximum atomic E-state index is 13.5. The first-order chi connectivity index (χ1) is 10.2. The summed E-state index contributed by atoms with van der Waals surface area (Å²) in [6, 6.07) is 6.55. The van der Waals surface area contributed by atoms with Gasteiger partial charge in [0.2, 0.25) is 0 Å². The highest BCUT2D eigenvalue weighted by atomic mass is 32.1. The summed E-state index contributed by atoms with van der Waals surface area (Å²) in [6.07, 6.45) is 1.23. The predicted molar refractivity (Wildman–Crippen MR) is 81.2 cm³/mol. The van der Waals surface area contributed by atoms with E-state index >= 15 is 0 Å². The number of ether oxygens (including phenoxy) is 1. The summed E-state index contributed by atoms with van der Waals surface area (Å²) in [5, 5.41) is 17.4. The van der Waals surface area contributed by atoms with E-state index in [9.17, 15) is 9.50 Å². The second-order valence-corrected chi connectivity index (χ2v) is 5.99. The van der Waals surface area contributed by atoms with Gasteiger partial charge in [-0.2, -0.15) is 11.3 Å². The Labute approximate surface area is 127 Å². The molecule has 2 atom stereocenters. The molecule has 0 bridgehead atoms. The van der Waals surface area contributed by atoms with Gasteiger partial charge in [0, 0.05) is 18.2 Å². The Bertz CT molecular complexity index is 588. The van der Waals surface area contributed by atoms with Crippen molar-refractivity contribution in [3.63, 3.8) is 0 Å². The third-order valence-electron chi connectivity index (χ3n) is 3.73. The van der Waals surface area contributed by atoms with Crippen molar-refractivity contribution in [3.05, 3.63) is 52.0 Å². The largest absolute Gasteiger partial charge is 0.493 e. The summed E-state index contributed by atoms with van der Waals surface area (Å²) < 4.78 is 19.1. The lowest BCUT2D eigenvalue weighted by Gasteiger charge is -2.20. The molecule has 3 rings (SSSR count). The van der Waals surface area contributed by atoms with Crippen LogP contribution < -0.4 is 10.1 Å². The number of fused-ring (bicyclic) bond motifs is 1. The van der Waals surface area contributed by atoms with Gasteiger partial charge in [-0.3, -0.25) is 0 Å². The van der Waals surface area contributed by atoms with Crippen LogP contribution in [0, 0.1) is 5.82 Å². The highest BCUT2D eigenvalue weighted by molar-refractivity contribution is 7.07. The van der Waals surface area contributed by atoms with Crippen LogP contribution in [-0.2, 0) is 0 Å². The van der Waals surface area contributed by atoms with E-state index in [2.05, 4.69) is 5.32 Å². The number of thiophene rings is 1. The zero-order valence-electron chi connectivity index (χ0n) is 11.6. The van der Waals surface area contributed by atoms with Crippen LogP contribution in [0.15, 0.2) is 35.0 Å². The topological polar surface area (TPSA) is 41.5 Å². The molecule has 1 aromatic carbocycles. The molecular weight excluding hydrogens is 289 g/mol. The summed E-state index contributed by atoms with van der Waals surface area (Å²) in [6.45, 7) is 1.08. The Morgan fingerprint density at radius 1 is 1.43 bits per heavy atom. The molecule has 0 saturated carbocycles. The van der Waals surface area contributed by atoms with Gasteiger partial charge >= 0.3 is 0 Å². The fraction of sp³-hybridized carbons (Fsp3) is 0.375. The summed E-state index contributed by atoms with van der Waals surface area (Å²) in [5.74, 6) is 0.473. The third-order valence-corrected chi connectivity index (χ3v) is 4.43. The van der Waals surface area contributed by atoms with E-state index < -0.39 is 6.10 Å². The average molecular weight is 307 g/mol. The predicted octanol–water partition coefficient (Wildman–Crippen LogP) is 3.42. The van der Waals surface area contributed by atoms with Crippen molar-refractivity contribution >= 4 is 11.3 Å². The van der Waals surface area contributed by atoms with Crippen LogP contribution in [0.5, 0.6) is 5.75 Å². The Kier molecular flexibility index (Phi) is 4.53. The lowest BCUT2D eigenvalue weighted by atomic mass is 10.0. The first-order valence-electron chi connectivity index (χ1n) is 7.10. The maximum absolute atomic E-state index is 13.5. The molecule has 21 heavy (non-hydrogen) atoms. The Balaban J connectivity index is 1.72. The monoisotopic (exact) mass is 307 g/mol. The van der Waals surface area contributed by atoms with Gasteiger partial charge in [0.05, 0.1) is 12.7 Å². The lowest BCUT2D eigenvalue weighted by Crippen LogP contribution is -2.26. The lowest BCUT2D eigenvalue weighted by molar-refractivity contribution is 0.169. The molecule has 0 saturated heterocycles. The van der Waals surface area contributed by atoms with Gasteiger partial charge in [-0.15, -0.1) is 0 Å². The van der Waals surface area contributed by atoms with Crippen molar-refractivity contribution in [1.82, 2.24) is 5.32 Å². The molecule has 3 nitrogen and oxygen atoms in total. The number of benzene rings is 1. The van der Waals surface area contributed by atoms with E-state index in [1.165, 1.54) is 12.1 Å². The quantitative estimate of drug-likeness (QED) is 0.909. The molecule has 5 heteroatoms. The Hall–Kier alpha value is -1.43. The second kappa shape index (κ2) is 6.56. The van der Waals surface area contributed by atoms with Crippen LogP contribution in [0.1, 0.15) is 36.1 Å². The smallest absolute Gasteiger partial charge is 0.124 e. The Morgan fingerprint density at radius 2 is 2.33 bits per heavy atom. The van der Waals surface area contributed by atoms with Crippen molar-refractivity contribution in [2.24, 2.45) is 0 Å². The molecule has 2 unspecified atom stereocenters. The van der Waals surface area contributed by atoms with Gasteiger partial charge in [0.15, 0.2) is 0 Å². The number of hydrogen-bond acceptors (Lipinski definition) is 4. The number of rotatable bonds is 4. The van der Waals surface area contributed by atoms with Crippen molar-refractivity contribution < 1.29 is 14.2 Å². The first kappa shape index (κ1) is 14.5. The second-order valence-electron chi connectivity index (χ2n) is 5.21. The minimum atomic E-state index is -0.544. The van der Waals surface area contributed by atoms with Gasteiger partial charge < -0.3 is 15.2 Å². The minimum Gasteiger partial charge on any atom is -0.493 e. The van der Waals surface area contributed by atoms with Gasteiger partial charge in [-0.25, -0.2) is 4.39 Å². The first-order valence-corrected chi connectivity index (χ1v) is 8.04. The molecule has 0 amide bonds. The number of nitrogens with one attached hydrogen (secondary N) is 1. The molecule has 0 spiro atoms. The summed E-state index contributed by atoms with van der Waals surface area (Å²) >= 11 is 1.57. The molecule has 112 valence electrons. The molecule has 0 aliphatic carbocycles. The number of aliphatic hydroxyl groups is 1. The van der Waals surface area contributed by atoms with E-state index in [1.807, 2.05) is 16.8 Å². The van der Waals surface area contributed by atoms with E-state index in [0.29, 0.717) is 13.2 Å². The van der Waals surface area contributed by atoms with E-state index in [0.717, 1.165) is 29.7 Å². The fourth-order valence-corrected chi connectivity index (χ4v) is 3.30. The number of halogens is 1. The molecular formula is C16H18FNO2S. The van der Waals surface area contributed by atoms with Crippen molar-refractivity contribution in [3.8, 4) is 5.75 Å². The minimum absolute atomic E-state index is 0.00601. The van der Waals surface area contributed by atoms with Crippen LogP contribution >= 0.6 is 11.3 Å². The summed E-state index contributed by atoms with van der Waals surface area (Å²) in [4.78, 5) is 0. The fourth-order valence-electron chi connectivity index (χ4n) is 2.60. The molecule has 2 N–H and O–H groups in total. The average Bonchev–Trinajstić information content (AvgIpc) is 2.95. The van der Waals surface area contributed by atoms with E-state index in [1.54, 1.807) is 17.4 Å². The standard InChI is InChI=1S/C16H18FNO2S/c17-12-3-4-16-13(8-12)14(2-1-6-20-16)18-9-15(19)11-5-7-21-10-11/h3-5,7-8,10,14-15,18-19H,1-2,6,9H2. The van der Waals surface area contributed by atoms with Crippen LogP contribution in [0.2, 0.25) is 0 Å². The van der Waals surface area contributed by atoms with Crippen molar-refractivity contribution in [1.29, 1.82) is 0 Å². The SMILES string of the molecule is OC(CNC1CCCOc2ccc(F)cc21)c1ccsc1. The number of hydrogen-bond donors (Lipinski definition) is 2. The van der Waals surface area contributed by atoms with Gasteiger partial charge in [0.25, 0.3) is 0 Å². The van der Waals surface area contributed by atoms with Crippen LogP contribution in [0.3, 0.4) is 0 Å². The third kappa shape index (κ3) is 3.43. The molecule has 2 aromatic rings. The van der Waals surface area contributed by atoms with Crippen molar-refractivity contribution in [2.45, 2.75) is 25.0 Å².